The number of aliphatic hydroxyl groups excluding tert-OH is 2. The molecule has 0 unspecified atom stereocenters. The van der Waals surface area contributed by atoms with Gasteiger partial charge in [0, 0.05) is 6.42 Å². The molecular formula is C30H46O4S. The molecule has 4 nitrogen and oxygen atoms in total. The fourth-order valence-corrected chi connectivity index (χ4v) is 9.48. The molecule has 5 heteroatoms. The monoisotopic (exact) mass is 502 g/mol. The lowest BCUT2D eigenvalue weighted by Crippen LogP contribution is -2.39. The van der Waals surface area contributed by atoms with Gasteiger partial charge in [-0.05, 0) is 107 Å². The second-order valence-electron chi connectivity index (χ2n) is 13.0. The van der Waals surface area contributed by atoms with E-state index in [0.717, 1.165) is 56.1 Å². The van der Waals surface area contributed by atoms with Crippen LogP contribution in [-0.4, -0.2) is 40.3 Å². The van der Waals surface area contributed by atoms with Gasteiger partial charge in [-0.1, -0.05) is 49.8 Å². The SMILES string of the molecule is C=C1/C(=C\C=C2/CCC[C@]3(C)C([C@H](C)CCC4(S(=O)(=O)C(C)(C)C)CC4)=CC[C@@H]23)C[C@@H](O)C[C@@H]1O. The van der Waals surface area contributed by atoms with E-state index in [1.165, 1.54) is 17.6 Å². The Bertz CT molecular complexity index is 1050. The van der Waals surface area contributed by atoms with Crippen molar-refractivity contribution in [1.29, 1.82) is 0 Å². The summed E-state index contributed by atoms with van der Waals surface area (Å²) in [6, 6.07) is 0. The van der Waals surface area contributed by atoms with Crippen LogP contribution >= 0.6 is 0 Å². The van der Waals surface area contributed by atoms with Gasteiger partial charge < -0.3 is 10.2 Å². The summed E-state index contributed by atoms with van der Waals surface area (Å²) in [6.07, 6.45) is 14.3. The molecule has 5 atom stereocenters. The van der Waals surface area contributed by atoms with Gasteiger partial charge in [0.05, 0.1) is 21.7 Å². The van der Waals surface area contributed by atoms with Crippen LogP contribution in [0.3, 0.4) is 0 Å². The van der Waals surface area contributed by atoms with Gasteiger partial charge in [0.1, 0.15) is 0 Å². The maximum Gasteiger partial charge on any atom is 0.160 e. The van der Waals surface area contributed by atoms with Crippen molar-refractivity contribution in [2.24, 2.45) is 17.3 Å². The van der Waals surface area contributed by atoms with Gasteiger partial charge in [-0.3, -0.25) is 0 Å². The number of rotatable bonds is 6. The molecular weight excluding hydrogens is 456 g/mol. The minimum absolute atomic E-state index is 0.129. The number of fused-ring (bicyclic) bond motifs is 1. The van der Waals surface area contributed by atoms with Crippen molar-refractivity contribution in [3.63, 3.8) is 0 Å². The lowest BCUT2D eigenvalue weighted by molar-refractivity contribution is 0.0862. The zero-order valence-corrected chi connectivity index (χ0v) is 23.3. The van der Waals surface area contributed by atoms with Crippen LogP contribution in [-0.2, 0) is 9.84 Å². The molecule has 0 radical (unpaired) electrons. The Morgan fingerprint density at radius 2 is 1.89 bits per heavy atom. The van der Waals surface area contributed by atoms with Crippen molar-refractivity contribution >= 4 is 9.84 Å². The van der Waals surface area contributed by atoms with Crippen LogP contribution in [0.4, 0.5) is 0 Å². The zero-order chi connectivity index (χ0) is 25.8. The molecule has 4 rings (SSSR count). The van der Waals surface area contributed by atoms with Crippen LogP contribution in [0.25, 0.3) is 0 Å². The van der Waals surface area contributed by atoms with Crippen molar-refractivity contribution in [1.82, 2.24) is 0 Å². The van der Waals surface area contributed by atoms with Gasteiger partial charge in [-0.25, -0.2) is 8.42 Å². The Morgan fingerprint density at radius 1 is 1.20 bits per heavy atom. The first-order chi connectivity index (χ1) is 16.2. The molecule has 35 heavy (non-hydrogen) atoms. The predicted octanol–water partition coefficient (Wildman–Crippen LogP) is 6.21. The lowest BCUT2D eigenvalue weighted by Gasteiger charge is -2.43. The van der Waals surface area contributed by atoms with Crippen molar-refractivity contribution in [2.75, 3.05) is 0 Å². The number of hydrogen-bond acceptors (Lipinski definition) is 4. The Hall–Kier alpha value is -1.17. The van der Waals surface area contributed by atoms with Gasteiger partial charge in [0.2, 0.25) is 0 Å². The Kier molecular flexibility index (Phi) is 7.14. The second-order valence-corrected chi connectivity index (χ2v) is 16.1. The summed E-state index contributed by atoms with van der Waals surface area (Å²) >= 11 is 0. The second kappa shape index (κ2) is 9.29. The first kappa shape index (κ1) is 26.9. The third-order valence-electron chi connectivity index (χ3n) is 9.62. The maximum absolute atomic E-state index is 13.2. The smallest absolute Gasteiger partial charge is 0.160 e. The fraction of sp³-hybridized carbons (Fsp3) is 0.733. The molecule has 0 spiro atoms. The molecule has 0 amide bonds. The first-order valence-electron chi connectivity index (χ1n) is 13.6. The predicted molar refractivity (Wildman–Crippen MR) is 144 cm³/mol. The van der Waals surface area contributed by atoms with Crippen LogP contribution in [0.1, 0.15) is 98.8 Å². The van der Waals surface area contributed by atoms with Crippen molar-refractivity contribution in [3.05, 3.63) is 47.1 Å². The highest BCUT2D eigenvalue weighted by Gasteiger charge is 2.58. The number of hydrogen-bond donors (Lipinski definition) is 2. The van der Waals surface area contributed by atoms with Gasteiger partial charge in [-0.2, -0.15) is 0 Å². The van der Waals surface area contributed by atoms with Crippen LogP contribution in [0.15, 0.2) is 47.1 Å². The van der Waals surface area contributed by atoms with Crippen molar-refractivity contribution < 1.29 is 18.6 Å². The van der Waals surface area contributed by atoms with Crippen LogP contribution in [0.2, 0.25) is 0 Å². The normalized spacial score (nSPS) is 36.3. The maximum atomic E-state index is 13.2. The third-order valence-corrected chi connectivity index (χ3v) is 13.0. The fourth-order valence-electron chi connectivity index (χ4n) is 7.16. The lowest BCUT2D eigenvalue weighted by atomic mass is 9.62. The minimum atomic E-state index is -3.14. The summed E-state index contributed by atoms with van der Waals surface area (Å²) in [5.74, 6) is 0.865. The van der Waals surface area contributed by atoms with Gasteiger partial charge in [0.15, 0.2) is 9.84 Å². The van der Waals surface area contributed by atoms with E-state index in [0.29, 0.717) is 24.7 Å². The van der Waals surface area contributed by atoms with E-state index in [4.69, 9.17) is 0 Å². The van der Waals surface area contributed by atoms with Crippen LogP contribution in [0, 0.1) is 17.3 Å². The highest BCUT2D eigenvalue weighted by atomic mass is 32.2. The number of allylic oxidation sites excluding steroid dienone is 5. The molecule has 0 saturated heterocycles. The third kappa shape index (κ3) is 4.78. The molecule has 0 aliphatic heterocycles. The van der Waals surface area contributed by atoms with Crippen LogP contribution < -0.4 is 0 Å². The van der Waals surface area contributed by atoms with E-state index >= 15 is 0 Å². The summed E-state index contributed by atoms with van der Waals surface area (Å²) in [7, 11) is -3.14. The van der Waals surface area contributed by atoms with Gasteiger partial charge in [0.25, 0.3) is 0 Å². The average molecular weight is 503 g/mol. The summed E-state index contributed by atoms with van der Waals surface area (Å²) < 4.78 is 25.2. The summed E-state index contributed by atoms with van der Waals surface area (Å²) in [6.45, 7) is 14.3. The highest BCUT2D eigenvalue weighted by Crippen LogP contribution is 2.58. The highest BCUT2D eigenvalue weighted by molar-refractivity contribution is 7.94. The van der Waals surface area contributed by atoms with E-state index in [1.807, 2.05) is 20.8 Å². The quantitative estimate of drug-likeness (QED) is 0.424. The van der Waals surface area contributed by atoms with E-state index in [1.54, 1.807) is 0 Å². The summed E-state index contributed by atoms with van der Waals surface area (Å²) in [5.41, 5.74) is 4.82. The molecule has 0 aromatic carbocycles. The Labute approximate surface area is 213 Å². The van der Waals surface area contributed by atoms with E-state index in [9.17, 15) is 18.6 Å². The first-order valence-corrected chi connectivity index (χ1v) is 15.1. The Balaban J connectivity index is 1.47. The summed E-state index contributed by atoms with van der Waals surface area (Å²) in [4.78, 5) is 0. The minimum Gasteiger partial charge on any atom is -0.393 e. The molecule has 0 heterocycles. The average Bonchev–Trinajstić information content (AvgIpc) is 3.48. The molecule has 0 aromatic heterocycles. The van der Waals surface area contributed by atoms with Gasteiger partial charge >= 0.3 is 0 Å². The molecule has 0 aromatic rings. The van der Waals surface area contributed by atoms with E-state index in [-0.39, 0.29) is 5.41 Å². The largest absolute Gasteiger partial charge is 0.393 e. The standard InChI is InChI=1S/C30H46O4S/c1-20(13-15-30(16-17-30)35(33,34)28(3,4)5)25-11-12-26-22(8-7-14-29(25,26)6)9-10-23-18-24(31)19-27(32)21(23)2/h9-11,20,24,26-27,31-32H,2,7-8,12-19H2,1,3-6H3/b22-9+,23-10-/t20-,24-,26+,27+,29-/m1/s1. The zero-order valence-electron chi connectivity index (χ0n) is 22.4. The molecule has 196 valence electrons. The molecule has 0 bridgehead atoms. The van der Waals surface area contributed by atoms with Crippen molar-refractivity contribution in [2.45, 2.75) is 121 Å². The van der Waals surface area contributed by atoms with E-state index < -0.39 is 31.5 Å². The van der Waals surface area contributed by atoms with Gasteiger partial charge in [-0.15, -0.1) is 0 Å². The Morgan fingerprint density at radius 3 is 2.51 bits per heavy atom. The summed E-state index contributed by atoms with van der Waals surface area (Å²) in [5, 5.41) is 20.3. The van der Waals surface area contributed by atoms with Crippen molar-refractivity contribution in [3.8, 4) is 0 Å². The molecule has 2 N–H and O–H groups in total. The topological polar surface area (TPSA) is 74.6 Å². The molecule has 4 aliphatic carbocycles. The molecule has 4 aliphatic rings. The number of aliphatic hydroxyl groups is 2. The van der Waals surface area contributed by atoms with Crippen LogP contribution in [0.5, 0.6) is 0 Å². The molecule has 3 fully saturated rings. The molecule has 3 saturated carbocycles. The van der Waals surface area contributed by atoms with E-state index in [2.05, 4.69) is 38.7 Å². The number of sulfone groups is 1.